The molecule has 9 heteroatoms. The monoisotopic (exact) mass is 341 g/mol. The Kier molecular flexibility index (Phi) is 4.97. The highest BCUT2D eigenvalue weighted by Crippen LogP contribution is 2.31. The van der Waals surface area contributed by atoms with E-state index in [9.17, 15) is 19.2 Å². The maximum absolute atomic E-state index is 12.3. The second-order valence-electron chi connectivity index (χ2n) is 4.61. The fourth-order valence-corrected chi connectivity index (χ4v) is 3.05. The van der Waals surface area contributed by atoms with Crippen LogP contribution in [0.15, 0.2) is 11.8 Å². The van der Waals surface area contributed by atoms with Crippen molar-refractivity contribution in [1.82, 2.24) is 10.6 Å². The van der Waals surface area contributed by atoms with Gasteiger partial charge in [-0.2, -0.15) is 0 Å². The molecule has 0 aliphatic carbocycles. The van der Waals surface area contributed by atoms with Crippen molar-refractivity contribution in [1.29, 1.82) is 0 Å². The number of anilines is 1. The molecule has 1 unspecified atom stereocenters. The Morgan fingerprint density at radius 3 is 2.82 bits per heavy atom. The van der Waals surface area contributed by atoms with Crippen LogP contribution in [0.2, 0.25) is 4.34 Å². The van der Waals surface area contributed by atoms with Crippen LogP contribution in [-0.4, -0.2) is 29.7 Å². The van der Waals surface area contributed by atoms with Gasteiger partial charge in [0, 0.05) is 13.3 Å². The van der Waals surface area contributed by atoms with Gasteiger partial charge in [0.15, 0.2) is 0 Å². The summed E-state index contributed by atoms with van der Waals surface area (Å²) in [6.07, 6.45) is 0.626. The molecule has 1 fully saturated rings. The van der Waals surface area contributed by atoms with E-state index in [-0.39, 0.29) is 16.5 Å². The smallest absolute Gasteiger partial charge is 0.264 e. The zero-order valence-electron chi connectivity index (χ0n) is 11.5. The quantitative estimate of drug-likeness (QED) is 0.715. The van der Waals surface area contributed by atoms with Gasteiger partial charge in [0.2, 0.25) is 11.8 Å². The molecule has 1 atom stereocenters. The highest BCUT2D eigenvalue weighted by molar-refractivity contribution is 7.18. The molecule has 0 radical (unpaired) electrons. The number of halogens is 1. The Bertz CT molecular complexity index is 693. The number of rotatable bonds is 3. The Hall–Kier alpha value is -2.15. The number of allylic oxidation sites excluding steroid dienone is 1. The first kappa shape index (κ1) is 16.2. The van der Waals surface area contributed by atoms with Gasteiger partial charge in [-0.1, -0.05) is 11.6 Å². The van der Waals surface area contributed by atoms with Crippen LogP contribution in [0.4, 0.5) is 5.69 Å². The first-order valence-electron chi connectivity index (χ1n) is 6.33. The minimum atomic E-state index is -0.754. The third-order valence-electron chi connectivity index (χ3n) is 2.92. The highest BCUT2D eigenvalue weighted by Gasteiger charge is 2.28. The van der Waals surface area contributed by atoms with Gasteiger partial charge < -0.3 is 16.0 Å². The van der Waals surface area contributed by atoms with Gasteiger partial charge in [-0.25, -0.2) is 4.79 Å². The first-order valence-corrected chi connectivity index (χ1v) is 7.52. The summed E-state index contributed by atoms with van der Waals surface area (Å²) in [4.78, 5) is 45.9. The Morgan fingerprint density at radius 2 is 2.23 bits per heavy atom. The zero-order chi connectivity index (χ0) is 16.3. The fourth-order valence-electron chi connectivity index (χ4n) is 1.97. The summed E-state index contributed by atoms with van der Waals surface area (Å²) in [5, 5.41) is 7.44. The van der Waals surface area contributed by atoms with E-state index in [1.165, 1.54) is 13.0 Å². The average molecular weight is 342 g/mol. The van der Waals surface area contributed by atoms with E-state index in [2.05, 4.69) is 16.0 Å². The average Bonchev–Trinajstić information content (AvgIpc) is 2.81. The number of carbonyl (C=O) groups is 3. The van der Waals surface area contributed by atoms with Gasteiger partial charge in [0.05, 0.1) is 10.0 Å². The van der Waals surface area contributed by atoms with Crippen molar-refractivity contribution in [3.63, 3.8) is 0 Å². The lowest BCUT2D eigenvalue weighted by atomic mass is 10.0. The maximum atomic E-state index is 12.3. The van der Waals surface area contributed by atoms with Gasteiger partial charge in [-0.15, -0.1) is 11.3 Å². The van der Waals surface area contributed by atoms with E-state index in [1.807, 2.05) is 0 Å². The fraction of sp³-hybridized carbons (Fsp3) is 0.308. The van der Waals surface area contributed by atoms with Gasteiger partial charge in [-0.3, -0.25) is 14.4 Å². The minimum absolute atomic E-state index is 0.175. The van der Waals surface area contributed by atoms with E-state index in [1.54, 1.807) is 5.94 Å². The summed E-state index contributed by atoms with van der Waals surface area (Å²) in [7, 11) is 0. The van der Waals surface area contributed by atoms with Crippen molar-refractivity contribution in [2.75, 3.05) is 5.32 Å². The molecular formula is C13H12ClN3O4S. The van der Waals surface area contributed by atoms with E-state index >= 15 is 0 Å². The van der Waals surface area contributed by atoms with E-state index in [0.29, 0.717) is 22.9 Å². The van der Waals surface area contributed by atoms with Gasteiger partial charge in [-0.05, 0) is 12.5 Å². The topological polar surface area (TPSA) is 104 Å². The molecule has 1 aliphatic rings. The van der Waals surface area contributed by atoms with Crippen molar-refractivity contribution >= 4 is 52.3 Å². The van der Waals surface area contributed by atoms with Crippen molar-refractivity contribution in [3.05, 3.63) is 21.0 Å². The third kappa shape index (κ3) is 3.73. The van der Waals surface area contributed by atoms with Crippen LogP contribution in [0.1, 0.15) is 29.4 Å². The van der Waals surface area contributed by atoms with Gasteiger partial charge in [0.25, 0.3) is 5.91 Å². The molecule has 2 rings (SSSR count). The predicted molar refractivity (Wildman–Crippen MR) is 81.5 cm³/mol. The van der Waals surface area contributed by atoms with Crippen molar-refractivity contribution in [3.8, 4) is 0 Å². The number of amides is 3. The molecular weight excluding hydrogens is 330 g/mol. The van der Waals surface area contributed by atoms with Gasteiger partial charge >= 0.3 is 0 Å². The van der Waals surface area contributed by atoms with Gasteiger partial charge in [0.1, 0.15) is 22.6 Å². The van der Waals surface area contributed by atoms with E-state index in [4.69, 9.17) is 11.6 Å². The van der Waals surface area contributed by atoms with Crippen molar-refractivity contribution in [2.45, 2.75) is 25.8 Å². The number of nitrogens with one attached hydrogen (secondary N) is 3. The van der Waals surface area contributed by atoms with Crippen LogP contribution in [0.5, 0.6) is 0 Å². The molecule has 116 valence electrons. The zero-order valence-corrected chi connectivity index (χ0v) is 13.1. The van der Waals surface area contributed by atoms with Crippen LogP contribution < -0.4 is 16.0 Å². The van der Waals surface area contributed by atoms with E-state index in [0.717, 1.165) is 11.3 Å². The first-order chi connectivity index (χ1) is 10.4. The largest absolute Gasteiger partial charge is 0.339 e. The number of thiophene rings is 1. The van der Waals surface area contributed by atoms with E-state index < -0.39 is 17.9 Å². The lowest BCUT2D eigenvalue weighted by Crippen LogP contribution is -2.49. The van der Waals surface area contributed by atoms with Crippen LogP contribution in [0, 0.1) is 0 Å². The highest BCUT2D eigenvalue weighted by atomic mass is 35.5. The molecule has 1 saturated heterocycles. The van der Waals surface area contributed by atoms with Crippen LogP contribution in [0.25, 0.3) is 0 Å². The lowest BCUT2D eigenvalue weighted by Gasteiger charge is -2.23. The Balaban J connectivity index is 2.11. The van der Waals surface area contributed by atoms with Crippen LogP contribution in [0.3, 0.4) is 0 Å². The predicted octanol–water partition coefficient (Wildman–Crippen LogP) is 1.08. The number of hydrogen-bond acceptors (Lipinski definition) is 5. The molecule has 0 saturated carbocycles. The van der Waals surface area contributed by atoms with Crippen LogP contribution in [-0.2, 0) is 14.4 Å². The molecule has 0 aromatic carbocycles. The molecule has 22 heavy (non-hydrogen) atoms. The molecule has 1 aromatic heterocycles. The number of piperidine rings is 1. The summed E-state index contributed by atoms with van der Waals surface area (Å²) in [5.41, 5.74) is 0.471. The molecule has 3 amide bonds. The molecule has 3 N–H and O–H groups in total. The molecule has 1 aromatic rings. The molecule has 2 heterocycles. The van der Waals surface area contributed by atoms with Crippen molar-refractivity contribution in [2.24, 2.45) is 0 Å². The normalized spacial score (nSPS) is 17.5. The summed E-state index contributed by atoms with van der Waals surface area (Å²) < 4.78 is 0.341. The Morgan fingerprint density at radius 1 is 1.50 bits per heavy atom. The standard InChI is InChI=1S/C13H12ClN3O4S/c1-6(19)15-9-4-10(14)22-11(9)13(21)17-8-3-2-7(5-18)16-12(8)20/h4,8H,2-3H2,1H3,(H,15,19)(H,16,20)(H,17,21). The minimum Gasteiger partial charge on any atom is -0.339 e. The molecule has 0 bridgehead atoms. The molecule has 7 nitrogen and oxygen atoms in total. The second-order valence-corrected chi connectivity index (χ2v) is 6.29. The third-order valence-corrected chi connectivity index (χ3v) is 4.18. The Labute approximate surface area is 134 Å². The number of carbonyl (C=O) groups excluding carboxylic acids is 4. The SMILES string of the molecule is CC(=O)Nc1cc(Cl)sc1C(=O)NC1CCC(=C=O)NC1=O. The van der Waals surface area contributed by atoms with Crippen molar-refractivity contribution < 1.29 is 19.2 Å². The second kappa shape index (κ2) is 6.74. The summed E-state index contributed by atoms with van der Waals surface area (Å²) in [5.74, 6) is 0.314. The molecule has 0 spiro atoms. The summed E-state index contributed by atoms with van der Waals surface area (Å²) in [6, 6.07) is 0.715. The lowest BCUT2D eigenvalue weighted by molar-refractivity contribution is -0.123. The maximum Gasteiger partial charge on any atom is 0.264 e. The summed E-state index contributed by atoms with van der Waals surface area (Å²) >= 11 is 6.86. The van der Waals surface area contributed by atoms with Crippen LogP contribution >= 0.6 is 22.9 Å². The number of hydrogen-bond donors (Lipinski definition) is 3. The molecule has 1 aliphatic heterocycles. The summed E-state index contributed by atoms with van der Waals surface area (Å²) in [6.45, 7) is 1.31.